The minimum Gasteiger partial charge on any atom is -0.405 e. The molecule has 0 unspecified atom stereocenters. The first kappa shape index (κ1) is 20.1. The minimum atomic E-state index is -4.77. The van der Waals surface area contributed by atoms with Crippen molar-refractivity contribution in [1.29, 1.82) is 0 Å². The van der Waals surface area contributed by atoms with Gasteiger partial charge < -0.3 is 4.74 Å². The molecule has 3 aromatic rings. The summed E-state index contributed by atoms with van der Waals surface area (Å²) in [4.78, 5) is 0. The molecule has 7 nitrogen and oxygen atoms in total. The van der Waals surface area contributed by atoms with E-state index in [2.05, 4.69) is 25.4 Å². The average Bonchev–Trinajstić information content (AvgIpc) is 3.13. The molecule has 0 fully saturated rings. The number of rotatable bonds is 6. The second kappa shape index (κ2) is 8.55. The van der Waals surface area contributed by atoms with E-state index in [4.69, 9.17) is 0 Å². The van der Waals surface area contributed by atoms with Gasteiger partial charge in [-0.2, -0.15) is 5.10 Å². The summed E-state index contributed by atoms with van der Waals surface area (Å²) in [7, 11) is 3.44. The Bertz CT molecular complexity index is 1030. The van der Waals surface area contributed by atoms with E-state index in [0.717, 1.165) is 0 Å². The molecule has 0 aliphatic carbocycles. The molecule has 0 saturated heterocycles. The highest BCUT2D eigenvalue weighted by Crippen LogP contribution is 2.34. The number of aromatic nitrogens is 2. The molecule has 1 aromatic heterocycles. The van der Waals surface area contributed by atoms with Gasteiger partial charge in [0.25, 0.3) is 0 Å². The van der Waals surface area contributed by atoms with Crippen molar-refractivity contribution < 1.29 is 17.9 Å². The molecule has 2 aromatic carbocycles. The van der Waals surface area contributed by atoms with Crippen LogP contribution in [0.2, 0.25) is 0 Å². The van der Waals surface area contributed by atoms with E-state index < -0.39 is 6.36 Å². The molecule has 3 rings (SSSR count). The topological polar surface area (TPSA) is 67.4 Å². The third kappa shape index (κ3) is 5.64. The van der Waals surface area contributed by atoms with Crippen molar-refractivity contribution in [1.82, 2.24) is 14.8 Å². The number of hydrogen-bond acceptors (Lipinski definition) is 4. The fourth-order valence-electron chi connectivity index (χ4n) is 2.47. The molecule has 0 bridgehead atoms. The molecule has 0 spiro atoms. The van der Waals surface area contributed by atoms with Crippen molar-refractivity contribution in [3.05, 3.63) is 66.5 Å². The second-order valence-corrected chi connectivity index (χ2v) is 6.05. The number of nitrogens with zero attached hydrogens (tertiary/aromatic N) is 6. The van der Waals surface area contributed by atoms with E-state index in [1.807, 2.05) is 0 Å². The normalized spacial score (nSPS) is 12.0. The molecule has 29 heavy (non-hydrogen) atoms. The van der Waals surface area contributed by atoms with Gasteiger partial charge in [0, 0.05) is 25.9 Å². The highest BCUT2D eigenvalue weighted by molar-refractivity contribution is 5.76. The molecule has 0 atom stereocenters. The van der Waals surface area contributed by atoms with Crippen molar-refractivity contribution in [3.8, 4) is 22.6 Å². The van der Waals surface area contributed by atoms with Crippen LogP contribution in [0.25, 0.3) is 16.8 Å². The lowest BCUT2D eigenvalue weighted by Crippen LogP contribution is -2.17. The van der Waals surface area contributed by atoms with E-state index in [0.29, 0.717) is 22.5 Å². The van der Waals surface area contributed by atoms with Crippen LogP contribution in [0.4, 0.5) is 13.2 Å². The Hall–Kier alpha value is -3.69. The van der Waals surface area contributed by atoms with Crippen molar-refractivity contribution in [2.45, 2.75) is 6.36 Å². The van der Waals surface area contributed by atoms with Crippen LogP contribution < -0.4 is 4.74 Å². The number of halogens is 3. The number of ether oxygens (including phenoxy) is 1. The number of alkyl halides is 3. The summed E-state index contributed by atoms with van der Waals surface area (Å²) < 4.78 is 43.8. The molecule has 0 amide bonds. The molecule has 0 N–H and O–H groups in total. The fraction of sp³-hybridized carbons (Fsp3) is 0.158. The number of benzene rings is 2. The number of hydrogen-bond donors (Lipinski definition) is 0. The van der Waals surface area contributed by atoms with Gasteiger partial charge in [0.1, 0.15) is 11.4 Å². The Balaban J connectivity index is 1.87. The third-order valence-electron chi connectivity index (χ3n) is 3.60. The minimum absolute atomic E-state index is 0.267. The quantitative estimate of drug-likeness (QED) is 0.341. The SMILES string of the molecule is CN(C)/N=N\N=C\c1ccn(-c2cccc(-c3ccccc3OC(F)(F)F)c2)n1. The van der Waals surface area contributed by atoms with Gasteiger partial charge in [-0.1, -0.05) is 35.6 Å². The van der Waals surface area contributed by atoms with Crippen molar-refractivity contribution in [2.24, 2.45) is 15.5 Å². The highest BCUT2D eigenvalue weighted by Gasteiger charge is 2.32. The van der Waals surface area contributed by atoms with Crippen LogP contribution >= 0.6 is 0 Å². The predicted molar refractivity (Wildman–Crippen MR) is 102 cm³/mol. The molecule has 150 valence electrons. The van der Waals surface area contributed by atoms with Crippen LogP contribution in [0.1, 0.15) is 5.69 Å². The zero-order valence-corrected chi connectivity index (χ0v) is 15.6. The van der Waals surface area contributed by atoms with Crippen LogP contribution in [0.15, 0.2) is 76.3 Å². The van der Waals surface area contributed by atoms with Crippen LogP contribution in [-0.2, 0) is 0 Å². The lowest BCUT2D eigenvalue weighted by molar-refractivity contribution is -0.274. The maximum Gasteiger partial charge on any atom is 0.573 e. The summed E-state index contributed by atoms with van der Waals surface area (Å²) in [6.07, 6.45) is -1.62. The Morgan fingerprint density at radius 1 is 1.07 bits per heavy atom. The standard InChI is InChI=1S/C19H17F3N6O/c1-27(2)26-25-23-13-15-10-11-28(24-15)16-7-5-6-14(12-16)17-8-3-4-9-18(17)29-19(20,21)22/h3-13H,1-2H3/b23-13+,26-25-. The van der Waals surface area contributed by atoms with Gasteiger partial charge in [-0.25, -0.2) is 4.68 Å². The largest absolute Gasteiger partial charge is 0.573 e. The van der Waals surface area contributed by atoms with Crippen LogP contribution in [0, 0.1) is 0 Å². The average molecular weight is 402 g/mol. The third-order valence-corrected chi connectivity index (χ3v) is 3.60. The van der Waals surface area contributed by atoms with Gasteiger partial charge >= 0.3 is 6.36 Å². The zero-order valence-electron chi connectivity index (χ0n) is 15.6. The van der Waals surface area contributed by atoms with Gasteiger partial charge in [-0.05, 0) is 35.1 Å². The maximum absolute atomic E-state index is 12.7. The van der Waals surface area contributed by atoms with Crippen molar-refractivity contribution in [3.63, 3.8) is 0 Å². The summed E-state index contributed by atoms with van der Waals surface area (Å²) in [5.41, 5.74) is 2.10. The Morgan fingerprint density at radius 3 is 2.62 bits per heavy atom. The van der Waals surface area contributed by atoms with Crippen LogP contribution in [0.5, 0.6) is 5.75 Å². The zero-order chi connectivity index (χ0) is 20.9. The van der Waals surface area contributed by atoms with Gasteiger partial charge in [0.05, 0.1) is 11.9 Å². The van der Waals surface area contributed by atoms with Gasteiger partial charge in [0.15, 0.2) is 0 Å². The van der Waals surface area contributed by atoms with Gasteiger partial charge in [0.2, 0.25) is 0 Å². The summed E-state index contributed by atoms with van der Waals surface area (Å²) in [5, 5.41) is 17.0. The van der Waals surface area contributed by atoms with Gasteiger partial charge in [-0.15, -0.1) is 18.3 Å². The van der Waals surface area contributed by atoms with E-state index in [9.17, 15) is 13.2 Å². The fourth-order valence-corrected chi connectivity index (χ4v) is 2.47. The Labute approximate surface area is 164 Å². The first-order valence-electron chi connectivity index (χ1n) is 8.44. The summed E-state index contributed by atoms with van der Waals surface area (Å²) in [6.45, 7) is 0. The summed E-state index contributed by atoms with van der Waals surface area (Å²) >= 11 is 0. The van der Waals surface area contributed by atoms with Crippen molar-refractivity contribution in [2.75, 3.05) is 14.1 Å². The molecule has 0 aliphatic rings. The summed E-state index contributed by atoms with van der Waals surface area (Å²) in [6, 6.07) is 14.6. The van der Waals surface area contributed by atoms with Crippen molar-refractivity contribution >= 4 is 6.21 Å². The molecule has 0 saturated carbocycles. The lowest BCUT2D eigenvalue weighted by atomic mass is 10.0. The molecule has 0 radical (unpaired) electrons. The smallest absolute Gasteiger partial charge is 0.405 e. The Kier molecular flexibility index (Phi) is 5.91. The van der Waals surface area contributed by atoms with E-state index in [1.54, 1.807) is 67.4 Å². The molecule has 0 aliphatic heterocycles. The highest BCUT2D eigenvalue weighted by atomic mass is 19.4. The summed E-state index contributed by atoms with van der Waals surface area (Å²) in [5.74, 6) is -0.267. The van der Waals surface area contributed by atoms with Crippen LogP contribution in [-0.4, -0.2) is 41.5 Å². The monoisotopic (exact) mass is 402 g/mol. The Morgan fingerprint density at radius 2 is 1.86 bits per heavy atom. The molecule has 10 heteroatoms. The van der Waals surface area contributed by atoms with Gasteiger partial charge in [-0.3, -0.25) is 5.01 Å². The predicted octanol–water partition coefficient (Wildman–Crippen LogP) is 4.70. The molecule has 1 heterocycles. The molecular weight excluding hydrogens is 385 g/mol. The number of para-hydroxylation sites is 1. The first-order valence-corrected chi connectivity index (χ1v) is 8.44. The second-order valence-electron chi connectivity index (χ2n) is 6.05. The van der Waals surface area contributed by atoms with Crippen LogP contribution in [0.3, 0.4) is 0 Å². The first-order chi connectivity index (χ1) is 13.8. The van der Waals surface area contributed by atoms with E-state index >= 15 is 0 Å². The van der Waals surface area contributed by atoms with E-state index in [1.165, 1.54) is 23.4 Å². The maximum atomic E-state index is 12.7. The lowest BCUT2D eigenvalue weighted by Gasteiger charge is -2.14. The van der Waals surface area contributed by atoms with E-state index in [-0.39, 0.29) is 5.75 Å². The molecular formula is C19H17F3N6O.